The van der Waals surface area contributed by atoms with Crippen molar-refractivity contribution in [3.63, 3.8) is 0 Å². The second kappa shape index (κ2) is 5.94. The fourth-order valence-electron chi connectivity index (χ4n) is 1.51. The molecule has 0 aliphatic rings. The van der Waals surface area contributed by atoms with E-state index in [0.29, 0.717) is 10.9 Å². The van der Waals surface area contributed by atoms with E-state index in [-0.39, 0.29) is 22.7 Å². The van der Waals surface area contributed by atoms with Crippen molar-refractivity contribution in [2.45, 2.75) is 12.4 Å². The quantitative estimate of drug-likeness (QED) is 0.510. The normalized spacial score (nSPS) is 14.3. The second-order valence-electron chi connectivity index (χ2n) is 3.65. The molecule has 2 atom stereocenters. The highest BCUT2D eigenvalue weighted by atomic mass is 127. The van der Waals surface area contributed by atoms with Gasteiger partial charge in [-0.05, 0) is 35.0 Å². The first-order valence-corrected chi connectivity index (χ1v) is 10.5. The first-order chi connectivity index (χ1) is 9.25. The van der Waals surface area contributed by atoms with Gasteiger partial charge in [0.1, 0.15) is 0 Å². The fraction of sp³-hybridized carbons (Fsp3) is 0.222. The smallest absolute Gasteiger partial charge is 0.393 e. The van der Waals surface area contributed by atoms with E-state index in [1.165, 1.54) is 13.1 Å². The number of aromatic nitrogens is 2. The zero-order chi connectivity index (χ0) is 15.1. The van der Waals surface area contributed by atoms with Gasteiger partial charge in [0, 0.05) is 10.6 Å². The molecule has 0 aliphatic heterocycles. The number of nitrogens with zero attached hydrogens (tertiary/aromatic N) is 2. The summed E-state index contributed by atoms with van der Waals surface area (Å²) in [6.45, 7) is 1.49. The first-order valence-electron chi connectivity index (χ1n) is 4.96. The molecule has 1 heterocycles. The first kappa shape index (κ1) is 16.3. The van der Waals surface area contributed by atoms with Gasteiger partial charge < -0.3 is 4.18 Å². The Kier molecular flexibility index (Phi) is 4.83. The zero-order valence-corrected chi connectivity index (χ0v) is 14.4. The minimum atomic E-state index is -4.96. The predicted octanol–water partition coefficient (Wildman–Crippen LogP) is 4.35. The standard InChI is InChI=1S/C9H6ClF3IN2O2PS/c1-4-6(10)2-7-5(3-15-16(7)19-14)8(4)18-20(17)9(11,12)13/h2-3,19H,1H3. The summed E-state index contributed by atoms with van der Waals surface area (Å²) in [7, 11) is 0. The molecule has 0 spiro atoms. The summed E-state index contributed by atoms with van der Waals surface area (Å²) in [4.78, 5) is 0. The number of alkyl halides is 3. The molecule has 0 bridgehead atoms. The third-order valence-corrected chi connectivity index (χ3v) is 5.42. The van der Waals surface area contributed by atoms with Crippen LogP contribution in [0.4, 0.5) is 13.2 Å². The van der Waals surface area contributed by atoms with Crippen molar-refractivity contribution < 1.29 is 21.6 Å². The Bertz CT molecular complexity index is 694. The lowest BCUT2D eigenvalue weighted by Crippen LogP contribution is -2.21. The molecular weight excluding hydrogens is 451 g/mol. The molecule has 0 fully saturated rings. The Balaban J connectivity index is 2.59. The SMILES string of the molecule is Cc1c(Cl)cc2c(cnn2PI)c1OS(=O)C(F)(F)F. The second-order valence-corrected chi connectivity index (χ2v) is 7.20. The van der Waals surface area contributed by atoms with E-state index in [1.54, 1.807) is 10.5 Å². The largest absolute Gasteiger partial charge is 0.508 e. The van der Waals surface area contributed by atoms with Gasteiger partial charge in [-0.15, -0.1) is 0 Å². The van der Waals surface area contributed by atoms with Crippen LogP contribution < -0.4 is 4.18 Å². The summed E-state index contributed by atoms with van der Waals surface area (Å²) in [5, 5.41) is 4.60. The Labute approximate surface area is 134 Å². The van der Waals surface area contributed by atoms with Crippen molar-refractivity contribution >= 4 is 62.0 Å². The van der Waals surface area contributed by atoms with Crippen LogP contribution in [0.2, 0.25) is 5.02 Å². The average molecular weight is 457 g/mol. The minimum absolute atomic E-state index is 0.163. The van der Waals surface area contributed by atoms with Crippen molar-refractivity contribution in [3.05, 3.63) is 22.8 Å². The number of fused-ring (bicyclic) bond motifs is 1. The van der Waals surface area contributed by atoms with E-state index in [2.05, 4.69) is 31.3 Å². The van der Waals surface area contributed by atoms with Crippen molar-refractivity contribution in [3.8, 4) is 5.75 Å². The molecule has 1 aromatic heterocycles. The van der Waals surface area contributed by atoms with Crippen LogP contribution in [0.3, 0.4) is 0 Å². The number of benzene rings is 1. The topological polar surface area (TPSA) is 44.1 Å². The molecular formula is C9H6ClF3IN2O2PS. The molecule has 11 heteroatoms. The van der Waals surface area contributed by atoms with Crippen molar-refractivity contribution in [2.24, 2.45) is 0 Å². The van der Waals surface area contributed by atoms with Crippen LogP contribution in [0, 0.1) is 6.92 Å². The molecule has 0 radical (unpaired) electrons. The van der Waals surface area contributed by atoms with Gasteiger partial charge in [-0.3, -0.25) is 0 Å². The van der Waals surface area contributed by atoms with E-state index >= 15 is 0 Å². The van der Waals surface area contributed by atoms with Crippen LogP contribution in [0.5, 0.6) is 5.75 Å². The van der Waals surface area contributed by atoms with Gasteiger partial charge in [0.15, 0.2) is 5.75 Å². The summed E-state index contributed by atoms with van der Waals surface area (Å²) in [5.41, 5.74) is -4.14. The van der Waals surface area contributed by atoms with Crippen LogP contribution in [0.15, 0.2) is 12.3 Å². The Morgan fingerprint density at radius 1 is 1.55 bits per heavy atom. The third-order valence-electron chi connectivity index (χ3n) is 2.44. The summed E-state index contributed by atoms with van der Waals surface area (Å²) in [6.07, 6.45) is 1.61. The van der Waals surface area contributed by atoms with Crippen molar-refractivity contribution in [2.75, 3.05) is 0 Å². The Morgan fingerprint density at radius 2 is 2.20 bits per heavy atom. The van der Waals surface area contributed by atoms with Crippen molar-refractivity contribution in [1.29, 1.82) is 0 Å². The maximum atomic E-state index is 12.4. The van der Waals surface area contributed by atoms with Crippen LogP contribution in [-0.2, 0) is 11.1 Å². The molecule has 2 rings (SSSR count). The maximum absolute atomic E-state index is 12.4. The van der Waals surface area contributed by atoms with Gasteiger partial charge in [0.05, 0.1) is 23.5 Å². The van der Waals surface area contributed by atoms with Gasteiger partial charge in [0.2, 0.25) is 0 Å². The van der Waals surface area contributed by atoms with Crippen LogP contribution in [-0.4, -0.2) is 19.3 Å². The average Bonchev–Trinajstić information content (AvgIpc) is 2.75. The van der Waals surface area contributed by atoms with E-state index < -0.39 is 16.6 Å². The molecule has 0 aliphatic carbocycles. The third kappa shape index (κ3) is 3.05. The van der Waals surface area contributed by atoms with E-state index in [0.717, 1.165) is 0 Å². The monoisotopic (exact) mass is 456 g/mol. The molecule has 20 heavy (non-hydrogen) atoms. The highest BCUT2D eigenvalue weighted by Gasteiger charge is 2.40. The summed E-state index contributed by atoms with van der Waals surface area (Å²) in [5.74, 6) is -0.163. The molecule has 2 unspecified atom stereocenters. The summed E-state index contributed by atoms with van der Waals surface area (Å²) in [6, 6.07) is 1.59. The molecule has 4 nitrogen and oxygen atoms in total. The van der Waals surface area contributed by atoms with E-state index in [9.17, 15) is 17.4 Å². The van der Waals surface area contributed by atoms with E-state index in [1.807, 2.05) is 0 Å². The lowest BCUT2D eigenvalue weighted by atomic mass is 10.1. The van der Waals surface area contributed by atoms with Crippen LogP contribution in [0.25, 0.3) is 10.9 Å². The zero-order valence-electron chi connectivity index (χ0n) is 9.66. The summed E-state index contributed by atoms with van der Waals surface area (Å²) < 4.78 is 54.3. The highest BCUT2D eigenvalue weighted by molar-refractivity contribution is 14.2. The Morgan fingerprint density at radius 3 is 2.75 bits per heavy atom. The van der Waals surface area contributed by atoms with Gasteiger partial charge in [-0.2, -0.15) is 18.3 Å². The molecule has 0 saturated carbocycles. The molecule has 0 saturated heterocycles. The minimum Gasteiger partial charge on any atom is -0.393 e. The lowest BCUT2D eigenvalue weighted by molar-refractivity contribution is -0.0437. The number of hydrogen-bond acceptors (Lipinski definition) is 3. The van der Waals surface area contributed by atoms with Gasteiger partial charge in [-0.1, -0.05) is 11.6 Å². The highest BCUT2D eigenvalue weighted by Crippen LogP contribution is 2.39. The van der Waals surface area contributed by atoms with Gasteiger partial charge in [0.25, 0.3) is 0 Å². The van der Waals surface area contributed by atoms with Crippen LogP contribution in [0.1, 0.15) is 5.56 Å². The Hall–Kier alpha value is -0.120. The molecule has 110 valence electrons. The van der Waals surface area contributed by atoms with E-state index in [4.69, 9.17) is 11.6 Å². The molecule has 2 aromatic rings. The predicted molar refractivity (Wildman–Crippen MR) is 82.0 cm³/mol. The molecule has 0 amide bonds. The van der Waals surface area contributed by atoms with Crippen LogP contribution >= 0.6 is 40.0 Å². The number of halogens is 5. The van der Waals surface area contributed by atoms with Gasteiger partial charge in [-0.25, -0.2) is 8.66 Å². The number of rotatable bonds is 3. The maximum Gasteiger partial charge on any atom is 0.508 e. The molecule has 0 N–H and O–H groups in total. The number of hydrogen-bond donors (Lipinski definition) is 0. The van der Waals surface area contributed by atoms with Crippen molar-refractivity contribution in [1.82, 2.24) is 9.55 Å². The molecule has 1 aromatic carbocycles. The lowest BCUT2D eigenvalue weighted by Gasteiger charge is -2.12. The van der Waals surface area contributed by atoms with Gasteiger partial charge >= 0.3 is 16.6 Å². The fourth-order valence-corrected chi connectivity index (χ4v) is 3.69. The summed E-state index contributed by atoms with van der Waals surface area (Å²) >= 11 is 4.60.